The summed E-state index contributed by atoms with van der Waals surface area (Å²) < 4.78 is 5.29. The Hall–Kier alpha value is -1.76. The topological polar surface area (TPSA) is 80.9 Å². The zero-order valence-corrected chi connectivity index (χ0v) is 10.6. The number of carbonyl (C=O) groups excluding carboxylic acids is 1. The molecule has 0 aliphatic rings. The van der Waals surface area contributed by atoms with Crippen LogP contribution in [0.5, 0.6) is 0 Å². The van der Waals surface area contributed by atoms with Crippen molar-refractivity contribution in [3.63, 3.8) is 0 Å². The van der Waals surface area contributed by atoms with Crippen molar-refractivity contribution in [1.82, 2.24) is 20.6 Å². The van der Waals surface area contributed by atoms with Crippen molar-refractivity contribution in [3.8, 4) is 0 Å². The molecule has 2 heterocycles. The van der Waals surface area contributed by atoms with E-state index < -0.39 is 0 Å². The van der Waals surface area contributed by atoms with E-state index in [0.29, 0.717) is 17.0 Å². The van der Waals surface area contributed by atoms with E-state index in [1.165, 1.54) is 6.20 Å². The van der Waals surface area contributed by atoms with Crippen LogP contribution in [-0.2, 0) is 6.54 Å². The Morgan fingerprint density at radius 1 is 1.47 bits per heavy atom. The summed E-state index contributed by atoms with van der Waals surface area (Å²) in [4.78, 5) is 15.7. The lowest BCUT2D eigenvalue weighted by atomic mass is 10.2. The fourth-order valence-corrected chi connectivity index (χ4v) is 1.58. The molecule has 0 saturated carbocycles. The van der Waals surface area contributed by atoms with Gasteiger partial charge in [-0.3, -0.25) is 9.78 Å². The number of carbonyl (C=O) groups is 1. The summed E-state index contributed by atoms with van der Waals surface area (Å²) in [7, 11) is 0. The average molecular weight is 297 g/mol. The molecule has 0 unspecified atom stereocenters. The zero-order valence-electron chi connectivity index (χ0n) is 8.98. The number of pyridine rings is 1. The fourth-order valence-electron chi connectivity index (χ4n) is 1.21. The Balaban J connectivity index is 2.01. The van der Waals surface area contributed by atoms with E-state index in [1.807, 2.05) is 0 Å². The molecule has 17 heavy (non-hydrogen) atoms. The Labute approximate surface area is 106 Å². The minimum atomic E-state index is -0.221. The summed E-state index contributed by atoms with van der Waals surface area (Å²) in [5, 5.41) is 10.0. The van der Waals surface area contributed by atoms with Crippen LogP contribution in [0.4, 0.5) is 0 Å². The standard InChI is InChI=1S/C10H9BrN4O2/c1-6-9(15-17-14-6)5-13-10(16)7-2-8(11)4-12-3-7/h2-4H,5H2,1H3,(H,13,16). The van der Waals surface area contributed by atoms with Crippen molar-refractivity contribution in [2.75, 3.05) is 0 Å². The molecule has 6 nitrogen and oxygen atoms in total. The number of hydrogen-bond donors (Lipinski definition) is 1. The van der Waals surface area contributed by atoms with Crippen molar-refractivity contribution in [2.45, 2.75) is 13.5 Å². The molecule has 2 aromatic rings. The lowest BCUT2D eigenvalue weighted by molar-refractivity contribution is 0.0949. The number of amides is 1. The summed E-state index contributed by atoms with van der Waals surface area (Å²) in [6.45, 7) is 2.04. The third kappa shape index (κ3) is 2.88. The molecule has 0 saturated heterocycles. The molecule has 0 spiro atoms. The van der Waals surface area contributed by atoms with Gasteiger partial charge in [-0.05, 0) is 28.9 Å². The molecule has 1 amide bonds. The number of nitrogens with one attached hydrogen (secondary N) is 1. The normalized spacial score (nSPS) is 10.2. The van der Waals surface area contributed by atoms with Gasteiger partial charge in [-0.15, -0.1) is 0 Å². The lowest BCUT2D eigenvalue weighted by Crippen LogP contribution is -2.23. The SMILES string of the molecule is Cc1nonc1CNC(=O)c1cncc(Br)c1. The quantitative estimate of drug-likeness (QED) is 0.927. The van der Waals surface area contributed by atoms with Crippen molar-refractivity contribution in [2.24, 2.45) is 0 Å². The second-order valence-electron chi connectivity index (χ2n) is 3.37. The highest BCUT2D eigenvalue weighted by Gasteiger charge is 2.09. The first-order chi connectivity index (χ1) is 8.16. The van der Waals surface area contributed by atoms with Crippen molar-refractivity contribution in [3.05, 3.63) is 39.9 Å². The molecule has 7 heteroatoms. The highest BCUT2D eigenvalue weighted by molar-refractivity contribution is 9.10. The van der Waals surface area contributed by atoms with Gasteiger partial charge in [0.2, 0.25) is 0 Å². The van der Waals surface area contributed by atoms with Crippen molar-refractivity contribution in [1.29, 1.82) is 0 Å². The zero-order chi connectivity index (χ0) is 12.3. The minimum absolute atomic E-state index is 0.221. The second-order valence-corrected chi connectivity index (χ2v) is 4.29. The van der Waals surface area contributed by atoms with Gasteiger partial charge in [0.05, 0.1) is 12.1 Å². The van der Waals surface area contributed by atoms with E-state index in [4.69, 9.17) is 0 Å². The van der Waals surface area contributed by atoms with E-state index in [1.54, 1.807) is 19.2 Å². The summed E-state index contributed by atoms with van der Waals surface area (Å²) in [6, 6.07) is 1.69. The predicted octanol–water partition coefficient (Wildman–Crippen LogP) is 1.47. The van der Waals surface area contributed by atoms with Gasteiger partial charge in [0.15, 0.2) is 0 Å². The predicted molar refractivity (Wildman–Crippen MR) is 62.1 cm³/mol. The lowest BCUT2D eigenvalue weighted by Gasteiger charge is -2.02. The van der Waals surface area contributed by atoms with Crippen molar-refractivity contribution >= 4 is 21.8 Å². The molecule has 0 aliphatic heterocycles. The number of halogens is 1. The van der Waals surface area contributed by atoms with Gasteiger partial charge in [-0.2, -0.15) is 0 Å². The first kappa shape index (κ1) is 11.7. The Morgan fingerprint density at radius 3 is 2.94 bits per heavy atom. The second kappa shape index (κ2) is 5.05. The third-order valence-corrected chi connectivity index (χ3v) is 2.56. The molecular formula is C10H9BrN4O2. The summed E-state index contributed by atoms with van der Waals surface area (Å²) in [6.07, 6.45) is 3.11. The third-order valence-electron chi connectivity index (χ3n) is 2.13. The molecule has 1 N–H and O–H groups in total. The van der Waals surface area contributed by atoms with Crippen LogP contribution in [0.2, 0.25) is 0 Å². The number of rotatable bonds is 3. The van der Waals surface area contributed by atoms with Crippen LogP contribution in [0.25, 0.3) is 0 Å². The van der Waals surface area contributed by atoms with Gasteiger partial charge < -0.3 is 5.32 Å². The number of nitrogens with zero attached hydrogens (tertiary/aromatic N) is 3. The van der Waals surface area contributed by atoms with Crippen LogP contribution < -0.4 is 5.32 Å². The van der Waals surface area contributed by atoms with Crippen molar-refractivity contribution < 1.29 is 9.42 Å². The van der Waals surface area contributed by atoms with E-state index >= 15 is 0 Å². The molecular weight excluding hydrogens is 288 g/mol. The monoisotopic (exact) mass is 296 g/mol. The van der Waals surface area contributed by atoms with Gasteiger partial charge >= 0.3 is 0 Å². The molecule has 0 atom stereocenters. The van der Waals surface area contributed by atoms with E-state index in [0.717, 1.165) is 4.47 Å². The first-order valence-electron chi connectivity index (χ1n) is 4.83. The molecule has 0 aromatic carbocycles. The maximum Gasteiger partial charge on any atom is 0.253 e. The van der Waals surface area contributed by atoms with Crippen LogP contribution in [0, 0.1) is 6.92 Å². The Kier molecular flexibility index (Phi) is 3.48. The Morgan fingerprint density at radius 2 is 2.29 bits per heavy atom. The molecule has 0 radical (unpaired) electrons. The van der Waals surface area contributed by atoms with Crippen LogP contribution >= 0.6 is 15.9 Å². The van der Waals surface area contributed by atoms with Crippen LogP contribution in [0.1, 0.15) is 21.7 Å². The van der Waals surface area contributed by atoms with Crippen LogP contribution in [0.3, 0.4) is 0 Å². The molecule has 2 rings (SSSR count). The summed E-state index contributed by atoms with van der Waals surface area (Å²) in [5.74, 6) is -0.221. The number of aromatic nitrogens is 3. The largest absolute Gasteiger partial charge is 0.346 e. The maximum absolute atomic E-state index is 11.8. The van der Waals surface area contributed by atoms with Gasteiger partial charge in [0.25, 0.3) is 5.91 Å². The fraction of sp³-hybridized carbons (Fsp3) is 0.200. The van der Waals surface area contributed by atoms with Gasteiger partial charge in [-0.1, -0.05) is 10.3 Å². The molecule has 0 aliphatic carbocycles. The number of hydrogen-bond acceptors (Lipinski definition) is 5. The maximum atomic E-state index is 11.8. The minimum Gasteiger partial charge on any atom is -0.346 e. The van der Waals surface area contributed by atoms with Crippen LogP contribution in [-0.4, -0.2) is 21.2 Å². The molecule has 0 bridgehead atoms. The van der Waals surface area contributed by atoms with Gasteiger partial charge in [-0.25, -0.2) is 4.63 Å². The number of aryl methyl sites for hydroxylation is 1. The van der Waals surface area contributed by atoms with E-state index in [-0.39, 0.29) is 12.5 Å². The van der Waals surface area contributed by atoms with Crippen LogP contribution in [0.15, 0.2) is 27.6 Å². The van der Waals surface area contributed by atoms with Gasteiger partial charge in [0.1, 0.15) is 11.4 Å². The summed E-state index contributed by atoms with van der Waals surface area (Å²) >= 11 is 3.25. The van der Waals surface area contributed by atoms with E-state index in [2.05, 4.69) is 41.2 Å². The molecule has 88 valence electrons. The smallest absolute Gasteiger partial charge is 0.253 e. The highest BCUT2D eigenvalue weighted by Crippen LogP contribution is 2.09. The molecule has 2 aromatic heterocycles. The highest BCUT2D eigenvalue weighted by atomic mass is 79.9. The van der Waals surface area contributed by atoms with E-state index in [9.17, 15) is 4.79 Å². The average Bonchev–Trinajstić information content (AvgIpc) is 2.72. The molecule has 0 fully saturated rings. The summed E-state index contributed by atoms with van der Waals surface area (Å²) in [5.41, 5.74) is 1.76. The van der Waals surface area contributed by atoms with Gasteiger partial charge in [0, 0.05) is 16.9 Å². The first-order valence-corrected chi connectivity index (χ1v) is 5.63. The Bertz CT molecular complexity index is 541.